The van der Waals surface area contributed by atoms with Gasteiger partial charge in [-0.2, -0.15) is 0 Å². The van der Waals surface area contributed by atoms with Gasteiger partial charge in [-0.05, 0) is 43.1 Å². The molecule has 0 aliphatic rings. The predicted octanol–water partition coefficient (Wildman–Crippen LogP) is 3.83. The summed E-state index contributed by atoms with van der Waals surface area (Å²) in [7, 11) is 1.94. The van der Waals surface area contributed by atoms with Gasteiger partial charge in [0, 0.05) is 11.6 Å². The quantitative estimate of drug-likeness (QED) is 0.871. The van der Waals surface area contributed by atoms with Crippen LogP contribution in [0.15, 0.2) is 47.1 Å². The van der Waals surface area contributed by atoms with Crippen LogP contribution in [0.3, 0.4) is 0 Å². The summed E-state index contributed by atoms with van der Waals surface area (Å²) in [5, 5.41) is 3.75. The van der Waals surface area contributed by atoms with Crippen molar-refractivity contribution in [1.82, 2.24) is 5.32 Å². The molecule has 2 nitrogen and oxygen atoms in total. The third-order valence-electron chi connectivity index (χ3n) is 2.93. The molecule has 2 rings (SSSR count). The van der Waals surface area contributed by atoms with E-state index in [9.17, 15) is 0 Å². The van der Waals surface area contributed by atoms with E-state index in [0.29, 0.717) is 5.22 Å². The van der Waals surface area contributed by atoms with Crippen LogP contribution in [0.4, 0.5) is 0 Å². The molecule has 0 saturated heterocycles. The summed E-state index contributed by atoms with van der Waals surface area (Å²) in [4.78, 5) is 0. The zero-order valence-electron chi connectivity index (χ0n) is 9.82. The van der Waals surface area contributed by atoms with Crippen LogP contribution in [0.1, 0.15) is 23.6 Å². The highest BCUT2D eigenvalue weighted by Gasteiger charge is 2.14. The highest BCUT2D eigenvalue weighted by atomic mass is 35.5. The number of aryl methyl sites for hydroxylation is 1. The number of hydrogen-bond donors (Lipinski definition) is 1. The lowest BCUT2D eigenvalue weighted by molar-refractivity contribution is 0.525. The molecule has 0 spiro atoms. The van der Waals surface area contributed by atoms with Gasteiger partial charge in [-0.25, -0.2) is 0 Å². The Kier molecular flexibility index (Phi) is 4.24. The van der Waals surface area contributed by atoms with Gasteiger partial charge in [0.1, 0.15) is 0 Å². The normalized spacial score (nSPS) is 12.6. The Balaban J connectivity index is 2.00. The molecule has 0 amide bonds. The lowest BCUT2D eigenvalue weighted by atomic mass is 10.0. The van der Waals surface area contributed by atoms with Crippen molar-refractivity contribution in [2.75, 3.05) is 7.05 Å². The van der Waals surface area contributed by atoms with Crippen LogP contribution in [0.2, 0.25) is 5.22 Å². The summed E-state index contributed by atoms with van der Waals surface area (Å²) in [6.45, 7) is 0. The maximum absolute atomic E-state index is 5.99. The number of hydrogen-bond acceptors (Lipinski definition) is 2. The first-order chi connectivity index (χ1) is 8.31. The van der Waals surface area contributed by atoms with Crippen LogP contribution in [0.5, 0.6) is 0 Å². The van der Waals surface area contributed by atoms with Crippen LogP contribution >= 0.6 is 11.6 Å². The zero-order valence-corrected chi connectivity index (χ0v) is 10.6. The second-order valence-electron chi connectivity index (χ2n) is 4.02. The third-order valence-corrected chi connectivity index (χ3v) is 3.24. The molecule has 3 heteroatoms. The zero-order chi connectivity index (χ0) is 12.1. The van der Waals surface area contributed by atoms with E-state index in [0.717, 1.165) is 18.4 Å². The topological polar surface area (TPSA) is 25.2 Å². The molecule has 0 saturated carbocycles. The number of rotatable bonds is 5. The fraction of sp³-hybridized carbons (Fsp3) is 0.286. The van der Waals surface area contributed by atoms with E-state index in [1.807, 2.05) is 19.2 Å². The SMILES string of the molecule is CNC(CCc1ccccc1)c1ccoc1Cl. The minimum atomic E-state index is 0.237. The summed E-state index contributed by atoms with van der Waals surface area (Å²) in [5.74, 6) is 0. The van der Waals surface area contributed by atoms with Crippen molar-refractivity contribution < 1.29 is 4.42 Å². The minimum Gasteiger partial charge on any atom is -0.453 e. The van der Waals surface area contributed by atoms with Gasteiger partial charge < -0.3 is 9.73 Å². The Hall–Kier alpha value is -1.25. The predicted molar refractivity (Wildman–Crippen MR) is 70.3 cm³/mol. The fourth-order valence-corrected chi connectivity index (χ4v) is 2.21. The molecule has 0 aliphatic heterocycles. The second kappa shape index (κ2) is 5.89. The molecule has 1 unspecified atom stereocenters. The Labute approximate surface area is 107 Å². The lowest BCUT2D eigenvalue weighted by Crippen LogP contribution is -2.16. The second-order valence-corrected chi connectivity index (χ2v) is 4.36. The van der Waals surface area contributed by atoms with E-state index in [1.54, 1.807) is 6.26 Å². The molecular weight excluding hydrogens is 234 g/mol. The van der Waals surface area contributed by atoms with Crippen molar-refractivity contribution in [2.45, 2.75) is 18.9 Å². The van der Waals surface area contributed by atoms with Crippen LogP contribution < -0.4 is 5.32 Å². The van der Waals surface area contributed by atoms with Gasteiger partial charge in [-0.3, -0.25) is 0 Å². The minimum absolute atomic E-state index is 0.237. The molecule has 1 N–H and O–H groups in total. The third kappa shape index (κ3) is 3.11. The highest BCUT2D eigenvalue weighted by Crippen LogP contribution is 2.26. The molecule has 1 atom stereocenters. The van der Waals surface area contributed by atoms with Gasteiger partial charge in [0.15, 0.2) is 5.22 Å². The number of benzene rings is 1. The molecule has 0 fully saturated rings. The van der Waals surface area contributed by atoms with Gasteiger partial charge in [0.25, 0.3) is 0 Å². The molecule has 1 aromatic heterocycles. The van der Waals surface area contributed by atoms with Crippen molar-refractivity contribution in [1.29, 1.82) is 0 Å². The van der Waals surface area contributed by atoms with Gasteiger partial charge in [-0.1, -0.05) is 30.3 Å². The molecule has 1 aromatic carbocycles. The molecule has 0 bridgehead atoms. The van der Waals surface area contributed by atoms with Crippen molar-refractivity contribution in [2.24, 2.45) is 0 Å². The Morgan fingerprint density at radius 2 is 2.00 bits per heavy atom. The first-order valence-corrected chi connectivity index (χ1v) is 6.13. The summed E-state index contributed by atoms with van der Waals surface area (Å²) < 4.78 is 5.12. The number of nitrogens with one attached hydrogen (secondary N) is 1. The summed E-state index contributed by atoms with van der Waals surface area (Å²) in [6, 6.07) is 12.6. The van der Waals surface area contributed by atoms with Crippen molar-refractivity contribution >= 4 is 11.6 Å². The molecule has 0 aliphatic carbocycles. The van der Waals surface area contributed by atoms with E-state index >= 15 is 0 Å². The van der Waals surface area contributed by atoms with E-state index in [1.165, 1.54) is 5.56 Å². The molecule has 1 heterocycles. The molecule has 0 radical (unpaired) electrons. The molecular formula is C14H16ClNO. The number of furan rings is 1. The van der Waals surface area contributed by atoms with Crippen molar-refractivity contribution in [3.8, 4) is 0 Å². The summed E-state index contributed by atoms with van der Waals surface area (Å²) in [6.07, 6.45) is 3.65. The maximum atomic E-state index is 5.99. The van der Waals surface area contributed by atoms with E-state index in [4.69, 9.17) is 16.0 Å². The molecule has 2 aromatic rings. The van der Waals surface area contributed by atoms with Crippen LogP contribution in [-0.2, 0) is 6.42 Å². The molecule has 17 heavy (non-hydrogen) atoms. The fourth-order valence-electron chi connectivity index (χ4n) is 1.96. The van der Waals surface area contributed by atoms with Crippen LogP contribution in [0.25, 0.3) is 0 Å². The van der Waals surface area contributed by atoms with E-state index < -0.39 is 0 Å². The maximum Gasteiger partial charge on any atom is 0.197 e. The highest BCUT2D eigenvalue weighted by molar-refractivity contribution is 6.29. The van der Waals surface area contributed by atoms with Gasteiger partial charge in [0.05, 0.1) is 6.26 Å². The average molecular weight is 250 g/mol. The average Bonchev–Trinajstić information content (AvgIpc) is 2.78. The largest absolute Gasteiger partial charge is 0.453 e. The summed E-state index contributed by atoms with van der Waals surface area (Å²) >= 11 is 5.99. The smallest absolute Gasteiger partial charge is 0.197 e. The van der Waals surface area contributed by atoms with Gasteiger partial charge in [0.2, 0.25) is 0 Å². The number of halogens is 1. The van der Waals surface area contributed by atoms with E-state index in [-0.39, 0.29) is 6.04 Å². The van der Waals surface area contributed by atoms with Crippen molar-refractivity contribution in [3.63, 3.8) is 0 Å². The van der Waals surface area contributed by atoms with Gasteiger partial charge in [-0.15, -0.1) is 0 Å². The van der Waals surface area contributed by atoms with E-state index in [2.05, 4.69) is 29.6 Å². The van der Waals surface area contributed by atoms with Crippen LogP contribution in [-0.4, -0.2) is 7.05 Å². The standard InChI is InChI=1S/C14H16ClNO/c1-16-13(12-9-10-17-14(12)15)8-7-11-5-3-2-4-6-11/h2-6,9-10,13,16H,7-8H2,1H3. The molecule has 90 valence electrons. The lowest BCUT2D eigenvalue weighted by Gasteiger charge is -2.14. The summed E-state index contributed by atoms with van der Waals surface area (Å²) in [5.41, 5.74) is 2.37. The Morgan fingerprint density at radius 3 is 2.59 bits per heavy atom. The van der Waals surface area contributed by atoms with Gasteiger partial charge >= 0.3 is 0 Å². The monoisotopic (exact) mass is 249 g/mol. The first kappa shape index (κ1) is 12.2. The Morgan fingerprint density at radius 1 is 1.24 bits per heavy atom. The Bertz CT molecular complexity index is 452. The first-order valence-electron chi connectivity index (χ1n) is 5.75. The van der Waals surface area contributed by atoms with Crippen molar-refractivity contribution in [3.05, 3.63) is 59.0 Å². The van der Waals surface area contributed by atoms with Crippen LogP contribution in [0, 0.1) is 0 Å².